The van der Waals surface area contributed by atoms with Gasteiger partial charge in [-0.05, 0) is 0 Å². The number of carbonyl (C=O) groups is 1. The molecule has 0 saturated carbocycles. The molecule has 0 saturated heterocycles. The minimum atomic E-state index is -0.480. The van der Waals surface area contributed by atoms with Crippen LogP contribution in [0.25, 0.3) is 0 Å². The number of aromatic nitrogens is 1. The van der Waals surface area contributed by atoms with E-state index in [1.165, 1.54) is 12.6 Å². The van der Waals surface area contributed by atoms with Crippen LogP contribution < -0.4 is 5.14 Å². The maximum absolute atomic E-state index is 10.7. The minimum Gasteiger partial charge on any atom is -0.464 e. The fourth-order valence-electron chi connectivity index (χ4n) is 0.513. The number of nitrogens with two attached hydrogens (primary N) is 1. The van der Waals surface area contributed by atoms with E-state index in [1.807, 2.05) is 0 Å². The number of hydrogen-bond donors (Lipinski definition) is 1. The van der Waals surface area contributed by atoms with Crippen LogP contribution in [0.1, 0.15) is 10.5 Å². The second kappa shape index (κ2) is 2.76. The van der Waals surface area contributed by atoms with Crippen LogP contribution in [-0.4, -0.2) is 18.1 Å². The first kappa shape index (κ1) is 7.17. The second-order valence-electron chi connectivity index (χ2n) is 1.64. The van der Waals surface area contributed by atoms with E-state index < -0.39 is 16.6 Å². The van der Waals surface area contributed by atoms with Gasteiger partial charge in [0, 0.05) is 0 Å². The SMILES string of the molecule is COC(=O)c1c[s+](N)cn1. The monoisotopic (exact) mass is 159 g/mol. The quantitative estimate of drug-likeness (QED) is 0.473. The van der Waals surface area contributed by atoms with Crippen molar-refractivity contribution in [3.05, 3.63) is 16.6 Å². The standard InChI is InChI=1S/C5H7N2O2S/c1-9-5(8)4-2-10(6)3-7-4/h2-3H,6H2,1H3/q+1. The van der Waals surface area contributed by atoms with Crippen LogP contribution in [0, 0.1) is 0 Å². The summed E-state index contributed by atoms with van der Waals surface area (Å²) < 4.78 is 4.41. The predicted octanol–water partition coefficient (Wildman–Crippen LogP) is 0.331. The third kappa shape index (κ3) is 1.31. The minimum absolute atomic E-state index is 0.299. The van der Waals surface area contributed by atoms with E-state index in [-0.39, 0.29) is 0 Å². The van der Waals surface area contributed by atoms with Gasteiger partial charge >= 0.3 is 5.97 Å². The van der Waals surface area contributed by atoms with Gasteiger partial charge in [0.25, 0.3) is 5.51 Å². The molecule has 2 N–H and O–H groups in total. The topological polar surface area (TPSA) is 65.2 Å². The van der Waals surface area contributed by atoms with Crippen molar-refractivity contribution in [3.63, 3.8) is 0 Å². The summed E-state index contributed by atoms with van der Waals surface area (Å²) in [5.74, 6) is -0.434. The first-order valence-corrected chi connectivity index (χ1v) is 3.96. The molecule has 4 nitrogen and oxygen atoms in total. The first-order chi connectivity index (χ1) is 4.74. The third-order valence-electron chi connectivity index (χ3n) is 0.956. The molecular weight excluding hydrogens is 152 g/mol. The molecule has 54 valence electrons. The lowest BCUT2D eigenvalue weighted by atomic mass is 10.5. The van der Waals surface area contributed by atoms with Gasteiger partial charge in [-0.3, -0.25) is 0 Å². The fourth-order valence-corrected chi connectivity index (χ4v) is 1.22. The maximum atomic E-state index is 10.7. The molecule has 1 atom stereocenters. The van der Waals surface area contributed by atoms with Gasteiger partial charge in [0.2, 0.25) is 5.69 Å². The summed E-state index contributed by atoms with van der Waals surface area (Å²) in [5.41, 5.74) is 1.82. The van der Waals surface area contributed by atoms with Crippen molar-refractivity contribution in [3.8, 4) is 0 Å². The molecule has 1 aromatic heterocycles. The zero-order valence-electron chi connectivity index (χ0n) is 5.40. The van der Waals surface area contributed by atoms with Crippen LogP contribution in [0.4, 0.5) is 0 Å². The van der Waals surface area contributed by atoms with Gasteiger partial charge in [-0.1, -0.05) is 0 Å². The van der Waals surface area contributed by atoms with Gasteiger partial charge in [-0.2, -0.15) is 4.98 Å². The Kier molecular flexibility index (Phi) is 1.98. The molecule has 1 heterocycles. The van der Waals surface area contributed by atoms with Crippen molar-refractivity contribution < 1.29 is 9.53 Å². The van der Waals surface area contributed by atoms with Crippen LogP contribution in [0.5, 0.6) is 0 Å². The van der Waals surface area contributed by atoms with E-state index in [9.17, 15) is 4.79 Å². The van der Waals surface area contributed by atoms with Crippen molar-refractivity contribution >= 4 is 16.6 Å². The molecule has 0 aromatic carbocycles. The molecule has 1 rings (SSSR count). The number of thiazole rings is 1. The average Bonchev–Trinajstić information content (AvgIpc) is 2.34. The van der Waals surface area contributed by atoms with E-state index in [0.29, 0.717) is 5.69 Å². The molecule has 1 aromatic rings. The Morgan fingerprint density at radius 3 is 3.00 bits per heavy atom. The van der Waals surface area contributed by atoms with Gasteiger partial charge < -0.3 is 4.74 Å². The summed E-state index contributed by atoms with van der Waals surface area (Å²) in [7, 11) is 0.832. The van der Waals surface area contributed by atoms with Crippen molar-refractivity contribution in [2.24, 2.45) is 0 Å². The van der Waals surface area contributed by atoms with Crippen LogP contribution in [0.3, 0.4) is 0 Å². The number of methoxy groups -OCH3 is 1. The van der Waals surface area contributed by atoms with E-state index in [2.05, 4.69) is 9.72 Å². The maximum Gasteiger partial charge on any atom is 0.361 e. The lowest BCUT2D eigenvalue weighted by molar-refractivity contribution is 0.0595. The number of nitrogens with zero attached hydrogens (tertiary/aromatic N) is 1. The van der Waals surface area contributed by atoms with Crippen molar-refractivity contribution in [1.29, 1.82) is 0 Å². The largest absolute Gasteiger partial charge is 0.464 e. The summed E-state index contributed by atoms with van der Waals surface area (Å²) in [6, 6.07) is 0. The number of esters is 1. The highest BCUT2D eigenvalue weighted by Gasteiger charge is 2.13. The Morgan fingerprint density at radius 1 is 1.90 bits per heavy atom. The predicted molar refractivity (Wildman–Crippen MR) is 38.2 cm³/mol. The van der Waals surface area contributed by atoms with Gasteiger partial charge in [0.05, 0.1) is 17.8 Å². The molecule has 0 aliphatic rings. The van der Waals surface area contributed by atoms with Gasteiger partial charge in [0.1, 0.15) is 0 Å². The molecule has 0 radical (unpaired) electrons. The number of hydrogen-bond acceptors (Lipinski definition) is 4. The van der Waals surface area contributed by atoms with Crippen molar-refractivity contribution in [1.82, 2.24) is 4.98 Å². The number of rotatable bonds is 1. The number of nitrogen functional groups attached to an aromatic ring is 1. The molecule has 0 amide bonds. The molecule has 0 aliphatic carbocycles. The van der Waals surface area contributed by atoms with Gasteiger partial charge in [-0.15, -0.1) is 5.14 Å². The summed E-state index contributed by atoms with van der Waals surface area (Å²) in [6.45, 7) is 0. The van der Waals surface area contributed by atoms with E-state index >= 15 is 0 Å². The lowest BCUT2D eigenvalue weighted by Gasteiger charge is -1.87. The van der Waals surface area contributed by atoms with Crippen LogP contribution in [0.15, 0.2) is 10.9 Å². The molecule has 1 unspecified atom stereocenters. The molecule has 10 heavy (non-hydrogen) atoms. The molecule has 0 spiro atoms. The normalized spacial score (nSPS) is 11.2. The Balaban J connectivity index is 2.85. The Labute approximate surface area is 60.7 Å². The highest BCUT2D eigenvalue weighted by atomic mass is 32.2. The van der Waals surface area contributed by atoms with E-state index in [1.54, 1.807) is 5.38 Å². The summed E-state index contributed by atoms with van der Waals surface area (Å²) in [6.07, 6.45) is 0. The van der Waals surface area contributed by atoms with Crippen molar-refractivity contribution in [2.45, 2.75) is 0 Å². The third-order valence-corrected chi connectivity index (χ3v) is 1.80. The van der Waals surface area contributed by atoms with Gasteiger partial charge in [-0.25, -0.2) is 4.79 Å². The highest BCUT2D eigenvalue weighted by molar-refractivity contribution is 7.28. The second-order valence-corrected chi connectivity index (χ2v) is 2.90. The summed E-state index contributed by atoms with van der Waals surface area (Å²) in [4.78, 5) is 14.4. The summed E-state index contributed by atoms with van der Waals surface area (Å²) in [5, 5.41) is 6.99. The average molecular weight is 159 g/mol. The fraction of sp³-hybridized carbons (Fsp3) is 0.200. The Hall–Kier alpha value is -0.940. The number of ether oxygens (including phenoxy) is 1. The molecule has 0 aliphatic heterocycles. The lowest BCUT2D eigenvalue weighted by Crippen LogP contribution is -2.00. The van der Waals surface area contributed by atoms with Crippen molar-refractivity contribution in [2.75, 3.05) is 12.2 Å². The highest BCUT2D eigenvalue weighted by Crippen LogP contribution is 2.08. The molecule has 0 bridgehead atoms. The summed E-state index contributed by atoms with van der Waals surface area (Å²) >= 11 is 0. The molecule has 5 heteroatoms. The van der Waals surface area contributed by atoms with Crippen LogP contribution >= 0.6 is 10.7 Å². The zero-order chi connectivity index (χ0) is 7.56. The first-order valence-electron chi connectivity index (χ1n) is 2.54. The zero-order valence-corrected chi connectivity index (χ0v) is 6.22. The smallest absolute Gasteiger partial charge is 0.361 e. The molecule has 0 fully saturated rings. The number of carbonyl (C=O) groups excluding carboxylic acids is 1. The van der Waals surface area contributed by atoms with E-state index in [0.717, 1.165) is 0 Å². The van der Waals surface area contributed by atoms with Crippen LogP contribution in [0.2, 0.25) is 0 Å². The Bertz CT molecular complexity index is 246. The molecular formula is C5H7N2O2S+. The van der Waals surface area contributed by atoms with E-state index in [4.69, 9.17) is 5.14 Å². The van der Waals surface area contributed by atoms with Gasteiger partial charge in [0.15, 0.2) is 5.38 Å². The van der Waals surface area contributed by atoms with Crippen LogP contribution in [-0.2, 0) is 4.74 Å². The Morgan fingerprint density at radius 2 is 2.60 bits per heavy atom.